The Morgan fingerprint density at radius 1 is 0.893 bits per heavy atom. The number of ether oxygens (including phenoxy) is 3. The van der Waals surface area contributed by atoms with Crippen molar-refractivity contribution in [2.24, 2.45) is 0 Å². The third-order valence-electron chi connectivity index (χ3n) is 5.30. The van der Waals surface area contributed by atoms with Gasteiger partial charge in [0.05, 0.1) is 6.04 Å². The highest BCUT2D eigenvalue weighted by Gasteiger charge is 2.25. The van der Waals surface area contributed by atoms with Crippen molar-refractivity contribution in [3.8, 4) is 17.2 Å². The summed E-state index contributed by atoms with van der Waals surface area (Å²) in [5.74, 6) is 2.59. The Labute approximate surface area is 165 Å². The maximum Gasteiger partial charge on any atom is 0.161 e. The van der Waals surface area contributed by atoms with Crippen LogP contribution in [0.4, 0.5) is 0 Å². The molecular formula is C24H23NO3. The van der Waals surface area contributed by atoms with E-state index >= 15 is 0 Å². The number of rotatable bonds is 4. The fraction of sp³-hybridized carbons (Fsp3) is 0.250. The molecule has 0 aromatic heterocycles. The molecule has 3 aromatic rings. The molecule has 4 heteroatoms. The SMILES string of the molecule is c1ccc(COc2cccc(C3NCCc4cc5c(cc43)OCCO5)c2)cc1. The molecule has 2 aliphatic rings. The van der Waals surface area contributed by atoms with Gasteiger partial charge < -0.3 is 19.5 Å². The maximum absolute atomic E-state index is 6.03. The Hall–Kier alpha value is -2.98. The van der Waals surface area contributed by atoms with E-state index in [0.717, 1.165) is 35.8 Å². The molecule has 5 rings (SSSR count). The third-order valence-corrected chi connectivity index (χ3v) is 5.30. The van der Waals surface area contributed by atoms with Crippen LogP contribution in [-0.2, 0) is 13.0 Å². The molecule has 0 spiro atoms. The highest BCUT2D eigenvalue weighted by molar-refractivity contribution is 5.52. The van der Waals surface area contributed by atoms with E-state index in [0.29, 0.717) is 19.8 Å². The molecule has 1 unspecified atom stereocenters. The zero-order chi connectivity index (χ0) is 18.8. The number of nitrogens with one attached hydrogen (secondary N) is 1. The van der Waals surface area contributed by atoms with Gasteiger partial charge in [0.2, 0.25) is 0 Å². The molecular weight excluding hydrogens is 350 g/mol. The lowest BCUT2D eigenvalue weighted by molar-refractivity contribution is 0.171. The standard InChI is InChI=1S/C24H23NO3/c1-2-5-17(6-3-1)16-28-20-8-4-7-19(13-20)24-21-15-23-22(26-11-12-27-23)14-18(21)9-10-25-24/h1-8,13-15,24-25H,9-12,16H2. The van der Waals surface area contributed by atoms with Gasteiger partial charge >= 0.3 is 0 Å². The first-order valence-corrected chi connectivity index (χ1v) is 9.79. The van der Waals surface area contributed by atoms with E-state index in [1.54, 1.807) is 0 Å². The van der Waals surface area contributed by atoms with Crippen molar-refractivity contribution in [1.82, 2.24) is 5.32 Å². The summed E-state index contributed by atoms with van der Waals surface area (Å²) in [4.78, 5) is 0. The van der Waals surface area contributed by atoms with E-state index in [1.807, 2.05) is 24.3 Å². The Balaban J connectivity index is 1.41. The van der Waals surface area contributed by atoms with Crippen molar-refractivity contribution >= 4 is 0 Å². The quantitative estimate of drug-likeness (QED) is 0.741. The maximum atomic E-state index is 6.03. The fourth-order valence-electron chi connectivity index (χ4n) is 3.92. The van der Waals surface area contributed by atoms with E-state index in [9.17, 15) is 0 Å². The van der Waals surface area contributed by atoms with Gasteiger partial charge in [-0.15, -0.1) is 0 Å². The molecule has 2 heterocycles. The molecule has 2 aliphatic heterocycles. The molecule has 1 atom stereocenters. The van der Waals surface area contributed by atoms with Gasteiger partial charge in [-0.2, -0.15) is 0 Å². The van der Waals surface area contributed by atoms with Crippen molar-refractivity contribution in [1.29, 1.82) is 0 Å². The molecule has 0 saturated carbocycles. The first kappa shape index (κ1) is 17.1. The van der Waals surface area contributed by atoms with Gasteiger partial charge in [0.15, 0.2) is 11.5 Å². The average molecular weight is 373 g/mol. The second-order valence-electron chi connectivity index (χ2n) is 7.18. The number of hydrogen-bond acceptors (Lipinski definition) is 4. The Kier molecular flexibility index (Phi) is 4.63. The molecule has 4 nitrogen and oxygen atoms in total. The van der Waals surface area contributed by atoms with Crippen LogP contribution in [0.5, 0.6) is 17.2 Å². The van der Waals surface area contributed by atoms with Crippen LogP contribution in [0.1, 0.15) is 28.3 Å². The molecule has 28 heavy (non-hydrogen) atoms. The van der Waals surface area contributed by atoms with Gasteiger partial charge in [0.1, 0.15) is 25.6 Å². The smallest absolute Gasteiger partial charge is 0.161 e. The van der Waals surface area contributed by atoms with E-state index in [1.165, 1.54) is 16.7 Å². The summed E-state index contributed by atoms with van der Waals surface area (Å²) in [7, 11) is 0. The summed E-state index contributed by atoms with van der Waals surface area (Å²) >= 11 is 0. The average Bonchev–Trinajstić information content (AvgIpc) is 2.77. The van der Waals surface area contributed by atoms with Crippen LogP contribution in [0, 0.1) is 0 Å². The lowest BCUT2D eigenvalue weighted by atomic mass is 9.89. The molecule has 0 saturated heterocycles. The largest absolute Gasteiger partial charge is 0.489 e. The molecule has 1 N–H and O–H groups in total. The van der Waals surface area contributed by atoms with E-state index in [4.69, 9.17) is 14.2 Å². The number of fused-ring (bicyclic) bond motifs is 2. The fourth-order valence-corrected chi connectivity index (χ4v) is 3.92. The summed E-state index contributed by atoms with van der Waals surface area (Å²) in [5, 5.41) is 3.65. The minimum atomic E-state index is 0.125. The Bertz CT molecular complexity index is 971. The van der Waals surface area contributed by atoms with Crippen LogP contribution >= 0.6 is 0 Å². The molecule has 0 fully saturated rings. The molecule has 3 aromatic carbocycles. The number of benzene rings is 3. The summed E-state index contributed by atoms with van der Waals surface area (Å²) in [6.45, 7) is 2.73. The van der Waals surface area contributed by atoms with Gasteiger partial charge in [-0.25, -0.2) is 0 Å². The Morgan fingerprint density at radius 3 is 2.57 bits per heavy atom. The second-order valence-corrected chi connectivity index (χ2v) is 7.18. The van der Waals surface area contributed by atoms with Crippen LogP contribution in [0.2, 0.25) is 0 Å². The van der Waals surface area contributed by atoms with Crippen LogP contribution in [-0.4, -0.2) is 19.8 Å². The van der Waals surface area contributed by atoms with Crippen LogP contribution in [0.15, 0.2) is 66.7 Å². The van der Waals surface area contributed by atoms with Crippen molar-refractivity contribution in [3.63, 3.8) is 0 Å². The van der Waals surface area contributed by atoms with E-state index < -0.39 is 0 Å². The molecule has 0 amide bonds. The first-order valence-electron chi connectivity index (χ1n) is 9.79. The third kappa shape index (κ3) is 3.43. The van der Waals surface area contributed by atoms with Gasteiger partial charge in [0, 0.05) is 6.54 Å². The molecule has 0 aliphatic carbocycles. The van der Waals surface area contributed by atoms with Crippen molar-refractivity contribution in [2.45, 2.75) is 19.1 Å². The minimum absolute atomic E-state index is 0.125. The highest BCUT2D eigenvalue weighted by atomic mass is 16.6. The summed E-state index contributed by atoms with van der Waals surface area (Å²) in [5.41, 5.74) is 4.94. The van der Waals surface area contributed by atoms with Crippen LogP contribution in [0.3, 0.4) is 0 Å². The van der Waals surface area contributed by atoms with Gasteiger partial charge in [0.25, 0.3) is 0 Å². The van der Waals surface area contributed by atoms with Crippen molar-refractivity contribution in [2.75, 3.05) is 19.8 Å². The van der Waals surface area contributed by atoms with Crippen molar-refractivity contribution < 1.29 is 14.2 Å². The van der Waals surface area contributed by atoms with E-state index in [-0.39, 0.29) is 6.04 Å². The topological polar surface area (TPSA) is 39.7 Å². The highest BCUT2D eigenvalue weighted by Crippen LogP contribution is 2.39. The Morgan fingerprint density at radius 2 is 1.71 bits per heavy atom. The van der Waals surface area contributed by atoms with Crippen LogP contribution < -0.4 is 19.5 Å². The van der Waals surface area contributed by atoms with E-state index in [2.05, 4.69) is 47.8 Å². The summed E-state index contributed by atoms with van der Waals surface area (Å²) < 4.78 is 17.6. The zero-order valence-corrected chi connectivity index (χ0v) is 15.7. The predicted octanol–water partition coefficient (Wildman–Crippen LogP) is 4.27. The lowest BCUT2D eigenvalue weighted by Crippen LogP contribution is -2.31. The molecule has 0 bridgehead atoms. The lowest BCUT2D eigenvalue weighted by Gasteiger charge is -2.30. The predicted molar refractivity (Wildman–Crippen MR) is 108 cm³/mol. The van der Waals surface area contributed by atoms with Gasteiger partial charge in [-0.1, -0.05) is 42.5 Å². The van der Waals surface area contributed by atoms with Crippen LogP contribution in [0.25, 0.3) is 0 Å². The molecule has 0 radical (unpaired) electrons. The normalized spacial score (nSPS) is 17.6. The summed E-state index contributed by atoms with van der Waals surface area (Å²) in [6, 6.07) is 23.0. The minimum Gasteiger partial charge on any atom is -0.489 e. The first-order chi connectivity index (χ1) is 13.9. The number of hydrogen-bond donors (Lipinski definition) is 1. The molecule has 142 valence electrons. The zero-order valence-electron chi connectivity index (χ0n) is 15.7. The monoisotopic (exact) mass is 373 g/mol. The second kappa shape index (κ2) is 7.56. The van der Waals surface area contributed by atoms with Gasteiger partial charge in [-0.05, 0) is 52.9 Å². The van der Waals surface area contributed by atoms with Gasteiger partial charge in [-0.3, -0.25) is 0 Å². The van der Waals surface area contributed by atoms with Crippen molar-refractivity contribution in [3.05, 3.63) is 89.0 Å². The summed E-state index contributed by atoms with van der Waals surface area (Å²) in [6.07, 6.45) is 0.993.